The van der Waals surface area contributed by atoms with Gasteiger partial charge in [0.2, 0.25) is 5.91 Å². The van der Waals surface area contributed by atoms with Gasteiger partial charge in [0, 0.05) is 25.0 Å². The fraction of sp³-hybridized carbons (Fsp3) is 0.320. The number of hydrogen-bond donors (Lipinski definition) is 2. The van der Waals surface area contributed by atoms with Crippen molar-refractivity contribution >= 4 is 29.1 Å². The summed E-state index contributed by atoms with van der Waals surface area (Å²) in [5.74, 6) is -0.110. The standard InChI is InChI=1S/C22H22Cl2N6O4.C3H8/c1-12(2)15(20(31)25-4)7-13(3)34-19-16(23)8-14(9-17(19)24)30-22(33)27-21(32)18(28-30)10-29-6-5-26-11-29;1-3-2/h5-9,11-12H,3,10H2,1-2,4H3,(H,25,31)(H,27,32,33);3H2,1-2H3/b15-7-;. The van der Waals surface area contributed by atoms with E-state index in [9.17, 15) is 14.4 Å². The number of rotatable bonds is 8. The number of aromatic amines is 1. The lowest BCUT2D eigenvalue weighted by atomic mass is 10.0. The summed E-state index contributed by atoms with van der Waals surface area (Å²) in [5.41, 5.74) is -0.623. The van der Waals surface area contributed by atoms with E-state index in [4.69, 9.17) is 27.9 Å². The van der Waals surface area contributed by atoms with Crippen molar-refractivity contribution in [1.82, 2.24) is 29.6 Å². The highest BCUT2D eigenvalue weighted by Gasteiger charge is 2.17. The maximum Gasteiger partial charge on any atom is 0.349 e. The quantitative estimate of drug-likeness (QED) is 0.248. The second kappa shape index (κ2) is 13.6. The van der Waals surface area contributed by atoms with Crippen LogP contribution in [-0.2, 0) is 11.3 Å². The number of halogens is 2. The number of ether oxygens (including phenoxy) is 1. The number of likely N-dealkylation sites (N-methyl/N-ethyl adjacent to an activating group) is 1. The first-order chi connectivity index (χ1) is 17.5. The normalized spacial score (nSPS) is 11.1. The van der Waals surface area contributed by atoms with E-state index in [1.54, 1.807) is 17.0 Å². The Kier molecular flexibility index (Phi) is 10.9. The molecule has 10 nitrogen and oxygen atoms in total. The molecule has 1 amide bonds. The molecule has 2 aromatic heterocycles. The van der Waals surface area contributed by atoms with Gasteiger partial charge >= 0.3 is 5.69 Å². The molecule has 0 radical (unpaired) electrons. The van der Waals surface area contributed by atoms with Gasteiger partial charge in [0.05, 0.1) is 28.6 Å². The Morgan fingerprint density at radius 2 is 1.86 bits per heavy atom. The third-order valence-electron chi connectivity index (χ3n) is 4.68. The SMILES string of the molecule is C=C(/C=C(\C(=O)NC)C(C)C)Oc1c(Cl)cc(-n2nc(Cn3ccnc3)c(=O)[nH]c2=O)cc1Cl.CCC. The predicted octanol–water partition coefficient (Wildman–Crippen LogP) is 4.11. The molecular weight excluding hydrogens is 519 g/mol. The number of allylic oxidation sites excluding steroid dienone is 1. The number of aromatic nitrogens is 5. The monoisotopic (exact) mass is 548 g/mol. The molecule has 0 saturated carbocycles. The van der Waals surface area contributed by atoms with Crippen molar-refractivity contribution in [2.75, 3.05) is 7.05 Å². The fourth-order valence-electron chi connectivity index (χ4n) is 3.00. The van der Waals surface area contributed by atoms with E-state index in [1.807, 2.05) is 13.8 Å². The Balaban J connectivity index is 0.00000153. The van der Waals surface area contributed by atoms with Crippen LogP contribution < -0.4 is 21.3 Å². The van der Waals surface area contributed by atoms with Crippen LogP contribution in [0.25, 0.3) is 5.69 Å². The van der Waals surface area contributed by atoms with Crippen LogP contribution in [-0.4, -0.2) is 37.3 Å². The van der Waals surface area contributed by atoms with Gasteiger partial charge in [-0.1, -0.05) is 63.9 Å². The molecule has 0 fully saturated rings. The largest absolute Gasteiger partial charge is 0.455 e. The number of benzene rings is 1. The number of nitrogens with zero attached hydrogens (tertiary/aromatic N) is 4. The van der Waals surface area contributed by atoms with Gasteiger partial charge in [-0.2, -0.15) is 9.78 Å². The highest BCUT2D eigenvalue weighted by Crippen LogP contribution is 2.36. The molecule has 2 N–H and O–H groups in total. The summed E-state index contributed by atoms with van der Waals surface area (Å²) in [6.07, 6.45) is 7.49. The van der Waals surface area contributed by atoms with Gasteiger partial charge in [0.25, 0.3) is 5.56 Å². The minimum Gasteiger partial charge on any atom is -0.455 e. The first-order valence-corrected chi connectivity index (χ1v) is 12.3. The predicted molar refractivity (Wildman–Crippen MR) is 145 cm³/mol. The Labute approximate surface area is 224 Å². The molecule has 0 spiro atoms. The average Bonchev–Trinajstić information content (AvgIpc) is 3.34. The Morgan fingerprint density at radius 3 is 2.38 bits per heavy atom. The van der Waals surface area contributed by atoms with Crippen molar-refractivity contribution in [3.8, 4) is 11.4 Å². The molecule has 198 valence electrons. The minimum atomic E-state index is -0.764. The lowest BCUT2D eigenvalue weighted by molar-refractivity contribution is -0.117. The van der Waals surface area contributed by atoms with Gasteiger partial charge in [-0.05, 0) is 24.1 Å². The van der Waals surface area contributed by atoms with Crippen molar-refractivity contribution in [3.63, 3.8) is 0 Å². The van der Waals surface area contributed by atoms with Crippen molar-refractivity contribution in [2.45, 2.75) is 40.7 Å². The number of carbonyl (C=O) groups excluding carboxylic acids is 1. The van der Waals surface area contributed by atoms with Gasteiger partial charge < -0.3 is 14.6 Å². The van der Waals surface area contributed by atoms with Crippen molar-refractivity contribution in [1.29, 1.82) is 0 Å². The highest BCUT2D eigenvalue weighted by atomic mass is 35.5. The van der Waals surface area contributed by atoms with Crippen LogP contribution in [0.3, 0.4) is 0 Å². The second-order valence-corrected chi connectivity index (χ2v) is 9.01. The summed E-state index contributed by atoms with van der Waals surface area (Å²) < 4.78 is 8.30. The number of nitrogens with one attached hydrogen (secondary N) is 2. The van der Waals surface area contributed by atoms with Gasteiger partial charge in [0.15, 0.2) is 5.75 Å². The fourth-order valence-corrected chi connectivity index (χ4v) is 3.56. The van der Waals surface area contributed by atoms with Crippen LogP contribution in [0, 0.1) is 5.92 Å². The zero-order chi connectivity index (χ0) is 27.7. The molecule has 0 saturated heterocycles. The van der Waals surface area contributed by atoms with Crippen LogP contribution in [0.4, 0.5) is 0 Å². The van der Waals surface area contributed by atoms with Crippen LogP contribution in [0.15, 0.2) is 64.4 Å². The van der Waals surface area contributed by atoms with E-state index < -0.39 is 11.2 Å². The lowest BCUT2D eigenvalue weighted by Crippen LogP contribution is -2.34. The first kappa shape index (κ1) is 29.6. The molecule has 2 heterocycles. The summed E-state index contributed by atoms with van der Waals surface area (Å²) in [6, 6.07) is 2.82. The molecule has 0 bridgehead atoms. The summed E-state index contributed by atoms with van der Waals surface area (Å²) in [6.45, 7) is 11.9. The summed E-state index contributed by atoms with van der Waals surface area (Å²) in [5, 5.41) is 6.86. The van der Waals surface area contributed by atoms with Crippen LogP contribution in [0.1, 0.15) is 39.8 Å². The number of hydrogen-bond acceptors (Lipinski definition) is 6. The van der Waals surface area contributed by atoms with Gasteiger partial charge in [-0.15, -0.1) is 0 Å². The second-order valence-electron chi connectivity index (χ2n) is 8.20. The van der Waals surface area contributed by atoms with E-state index in [-0.39, 0.29) is 51.3 Å². The Morgan fingerprint density at radius 1 is 1.24 bits per heavy atom. The minimum absolute atomic E-state index is 0.0687. The molecule has 3 aromatic rings. The van der Waals surface area contributed by atoms with Crippen molar-refractivity contribution in [3.05, 3.63) is 91.4 Å². The van der Waals surface area contributed by atoms with E-state index >= 15 is 0 Å². The van der Waals surface area contributed by atoms with E-state index in [0.717, 1.165) is 4.68 Å². The summed E-state index contributed by atoms with van der Waals surface area (Å²) >= 11 is 12.8. The summed E-state index contributed by atoms with van der Waals surface area (Å²) in [7, 11) is 1.53. The van der Waals surface area contributed by atoms with Crippen LogP contribution in [0.5, 0.6) is 5.75 Å². The molecule has 0 aliphatic carbocycles. The topological polar surface area (TPSA) is 124 Å². The summed E-state index contributed by atoms with van der Waals surface area (Å²) in [4.78, 5) is 42.8. The number of carbonyl (C=O) groups is 1. The molecule has 0 aliphatic rings. The molecule has 0 unspecified atom stereocenters. The Bertz CT molecular complexity index is 1370. The highest BCUT2D eigenvalue weighted by molar-refractivity contribution is 6.37. The number of amides is 1. The van der Waals surface area contributed by atoms with Crippen LogP contribution >= 0.6 is 23.2 Å². The van der Waals surface area contributed by atoms with Gasteiger partial charge in [0.1, 0.15) is 11.5 Å². The average molecular weight is 549 g/mol. The van der Waals surface area contributed by atoms with E-state index in [1.165, 1.54) is 38.0 Å². The third-order valence-corrected chi connectivity index (χ3v) is 5.24. The number of imidazole rings is 1. The zero-order valence-electron chi connectivity index (χ0n) is 21.3. The maximum absolute atomic E-state index is 12.4. The third kappa shape index (κ3) is 7.93. The molecule has 37 heavy (non-hydrogen) atoms. The van der Waals surface area contributed by atoms with Gasteiger partial charge in [-0.3, -0.25) is 14.6 Å². The number of H-pyrrole nitrogens is 1. The van der Waals surface area contributed by atoms with Crippen LogP contribution in [0.2, 0.25) is 10.0 Å². The smallest absolute Gasteiger partial charge is 0.349 e. The van der Waals surface area contributed by atoms with E-state index in [2.05, 4.69) is 40.8 Å². The molecule has 3 rings (SSSR count). The zero-order valence-corrected chi connectivity index (χ0v) is 22.9. The Hall–Kier alpha value is -3.63. The molecule has 0 aliphatic heterocycles. The maximum atomic E-state index is 12.4. The van der Waals surface area contributed by atoms with Gasteiger partial charge in [-0.25, -0.2) is 9.78 Å². The molecule has 12 heteroatoms. The molecule has 1 aromatic carbocycles. The lowest BCUT2D eigenvalue weighted by Gasteiger charge is -2.14. The first-order valence-electron chi connectivity index (χ1n) is 11.5. The van der Waals surface area contributed by atoms with E-state index in [0.29, 0.717) is 5.57 Å². The molecular formula is C25H30Cl2N6O4. The van der Waals surface area contributed by atoms with Crippen molar-refractivity contribution in [2.24, 2.45) is 5.92 Å². The van der Waals surface area contributed by atoms with Crippen molar-refractivity contribution < 1.29 is 9.53 Å². The molecule has 0 atom stereocenters.